The highest BCUT2D eigenvalue weighted by atomic mass is 35.5. The van der Waals surface area contributed by atoms with E-state index < -0.39 is 10.8 Å². The van der Waals surface area contributed by atoms with Gasteiger partial charge in [-0.25, -0.2) is 0 Å². The fraction of sp³-hybridized carbons (Fsp3) is 0.231. The van der Waals surface area contributed by atoms with Gasteiger partial charge in [-0.3, -0.25) is 19.6 Å². The standard InChI is InChI=1S/C13H13ClN4O3/c1-8-3-4-9(5-11(8)18(20)21)13(19)15-7-12-10(14)6-16-17(12)2/h3-6H,7H2,1-2H3,(H,15,19). The zero-order chi connectivity index (χ0) is 15.6. The maximum atomic E-state index is 12.0. The number of halogens is 1. The first kappa shape index (κ1) is 15.0. The molecule has 1 aromatic heterocycles. The molecule has 1 aromatic carbocycles. The van der Waals surface area contributed by atoms with Crippen LogP contribution in [0.1, 0.15) is 21.6 Å². The normalized spacial score (nSPS) is 10.4. The fourth-order valence-corrected chi connectivity index (χ4v) is 2.08. The summed E-state index contributed by atoms with van der Waals surface area (Å²) >= 11 is 5.94. The number of nitro benzene ring substituents is 1. The molecule has 2 aromatic rings. The van der Waals surface area contributed by atoms with E-state index >= 15 is 0 Å². The Bertz CT molecular complexity index is 692. The second-order valence-corrected chi connectivity index (χ2v) is 4.91. The molecule has 0 bridgehead atoms. The highest BCUT2D eigenvalue weighted by molar-refractivity contribution is 6.31. The van der Waals surface area contributed by atoms with Crippen LogP contribution in [0.3, 0.4) is 0 Å². The van der Waals surface area contributed by atoms with Crippen molar-refractivity contribution in [2.45, 2.75) is 13.5 Å². The van der Waals surface area contributed by atoms with E-state index in [0.29, 0.717) is 16.3 Å². The Hall–Kier alpha value is -2.41. The first-order valence-corrected chi connectivity index (χ1v) is 6.47. The zero-order valence-electron chi connectivity index (χ0n) is 11.5. The van der Waals surface area contributed by atoms with Crippen LogP contribution in [0, 0.1) is 17.0 Å². The summed E-state index contributed by atoms with van der Waals surface area (Å²) in [6.45, 7) is 1.81. The third-order valence-electron chi connectivity index (χ3n) is 3.10. The number of aryl methyl sites for hydroxylation is 2. The Kier molecular flexibility index (Phi) is 4.23. The van der Waals surface area contributed by atoms with Crippen LogP contribution in [0.4, 0.5) is 5.69 Å². The van der Waals surface area contributed by atoms with Crippen LogP contribution < -0.4 is 5.32 Å². The number of hydrogen-bond donors (Lipinski definition) is 1. The number of nitro groups is 1. The second-order valence-electron chi connectivity index (χ2n) is 4.50. The lowest BCUT2D eigenvalue weighted by atomic mass is 10.1. The van der Waals surface area contributed by atoms with Gasteiger partial charge in [0.15, 0.2) is 0 Å². The molecule has 0 aliphatic rings. The third kappa shape index (κ3) is 3.19. The molecule has 0 fully saturated rings. The second kappa shape index (κ2) is 5.92. The molecule has 1 heterocycles. The average molecular weight is 309 g/mol. The molecule has 0 saturated heterocycles. The van der Waals surface area contributed by atoms with E-state index in [1.807, 2.05) is 0 Å². The van der Waals surface area contributed by atoms with Crippen LogP contribution in [0.25, 0.3) is 0 Å². The van der Waals surface area contributed by atoms with Crippen LogP contribution in [0.15, 0.2) is 24.4 Å². The Balaban J connectivity index is 2.14. The predicted molar refractivity (Wildman–Crippen MR) is 77.2 cm³/mol. The Morgan fingerprint density at radius 3 is 2.81 bits per heavy atom. The van der Waals surface area contributed by atoms with Crippen molar-refractivity contribution in [3.8, 4) is 0 Å². The molecule has 0 unspecified atom stereocenters. The number of benzene rings is 1. The molecule has 0 radical (unpaired) electrons. The number of nitrogens with zero attached hydrogens (tertiary/aromatic N) is 3. The van der Waals surface area contributed by atoms with Gasteiger partial charge in [0.05, 0.1) is 28.4 Å². The van der Waals surface area contributed by atoms with E-state index in [9.17, 15) is 14.9 Å². The topological polar surface area (TPSA) is 90.1 Å². The number of carbonyl (C=O) groups is 1. The SMILES string of the molecule is Cc1ccc(C(=O)NCc2c(Cl)cnn2C)cc1[N+](=O)[O-]. The zero-order valence-corrected chi connectivity index (χ0v) is 12.2. The lowest BCUT2D eigenvalue weighted by Gasteiger charge is -2.07. The maximum absolute atomic E-state index is 12.0. The molecule has 0 aliphatic heterocycles. The van der Waals surface area contributed by atoms with Crippen molar-refractivity contribution in [3.05, 3.63) is 56.4 Å². The van der Waals surface area contributed by atoms with E-state index in [2.05, 4.69) is 10.4 Å². The molecule has 1 N–H and O–H groups in total. The van der Waals surface area contributed by atoms with Crippen LogP contribution in [-0.2, 0) is 13.6 Å². The smallest absolute Gasteiger partial charge is 0.273 e. The van der Waals surface area contributed by atoms with Crippen LogP contribution >= 0.6 is 11.6 Å². The number of rotatable bonds is 4. The Morgan fingerprint density at radius 2 is 2.24 bits per heavy atom. The third-order valence-corrected chi connectivity index (χ3v) is 3.41. The summed E-state index contributed by atoms with van der Waals surface area (Å²) < 4.78 is 1.56. The molecule has 1 amide bonds. The molecule has 2 rings (SSSR count). The molecule has 0 saturated carbocycles. The van der Waals surface area contributed by atoms with Crippen LogP contribution in [0.2, 0.25) is 5.02 Å². The molecular formula is C13H13ClN4O3. The minimum Gasteiger partial charge on any atom is -0.346 e. The number of nitrogens with one attached hydrogen (secondary N) is 1. The lowest BCUT2D eigenvalue weighted by molar-refractivity contribution is -0.385. The van der Waals surface area contributed by atoms with Crippen molar-refractivity contribution in [1.29, 1.82) is 0 Å². The summed E-state index contributed by atoms with van der Waals surface area (Å²) in [6.07, 6.45) is 1.49. The largest absolute Gasteiger partial charge is 0.346 e. The summed E-state index contributed by atoms with van der Waals surface area (Å²) in [7, 11) is 1.71. The van der Waals surface area contributed by atoms with Crippen molar-refractivity contribution in [2.75, 3.05) is 0 Å². The van der Waals surface area contributed by atoms with Crippen molar-refractivity contribution >= 4 is 23.2 Å². The monoisotopic (exact) mass is 308 g/mol. The molecule has 8 heteroatoms. The number of amides is 1. The summed E-state index contributed by atoms with van der Waals surface area (Å²) in [5.74, 6) is -0.407. The lowest BCUT2D eigenvalue weighted by Crippen LogP contribution is -2.24. The van der Waals surface area contributed by atoms with Gasteiger partial charge in [0.25, 0.3) is 11.6 Å². The van der Waals surface area contributed by atoms with Crippen LogP contribution in [0.5, 0.6) is 0 Å². The summed E-state index contributed by atoms with van der Waals surface area (Å²) in [5.41, 5.74) is 1.31. The Morgan fingerprint density at radius 1 is 1.52 bits per heavy atom. The molecule has 0 atom stereocenters. The van der Waals surface area contributed by atoms with Crippen molar-refractivity contribution in [2.24, 2.45) is 7.05 Å². The van der Waals surface area contributed by atoms with Gasteiger partial charge in [0.1, 0.15) is 0 Å². The summed E-state index contributed by atoms with van der Waals surface area (Å²) in [6, 6.07) is 4.35. The van der Waals surface area contributed by atoms with Gasteiger partial charge >= 0.3 is 0 Å². The number of carbonyl (C=O) groups excluding carboxylic acids is 1. The number of aromatic nitrogens is 2. The highest BCUT2D eigenvalue weighted by Gasteiger charge is 2.15. The van der Waals surface area contributed by atoms with Crippen molar-refractivity contribution < 1.29 is 9.72 Å². The van der Waals surface area contributed by atoms with Gasteiger partial charge in [-0.2, -0.15) is 5.10 Å². The van der Waals surface area contributed by atoms with E-state index in [1.165, 1.54) is 12.3 Å². The van der Waals surface area contributed by atoms with Crippen LogP contribution in [-0.4, -0.2) is 20.6 Å². The van der Waals surface area contributed by atoms with E-state index in [0.717, 1.165) is 0 Å². The minimum atomic E-state index is -0.510. The fourth-order valence-electron chi connectivity index (χ4n) is 1.85. The molecule has 0 aliphatic carbocycles. The van der Waals surface area contributed by atoms with E-state index in [-0.39, 0.29) is 17.8 Å². The summed E-state index contributed by atoms with van der Waals surface area (Å²) in [5, 5.41) is 17.9. The minimum absolute atomic E-state index is 0.0822. The first-order chi connectivity index (χ1) is 9.90. The first-order valence-electron chi connectivity index (χ1n) is 6.09. The van der Waals surface area contributed by atoms with E-state index in [1.54, 1.807) is 30.8 Å². The highest BCUT2D eigenvalue weighted by Crippen LogP contribution is 2.19. The van der Waals surface area contributed by atoms with Crippen molar-refractivity contribution in [3.63, 3.8) is 0 Å². The molecular weight excluding hydrogens is 296 g/mol. The quantitative estimate of drug-likeness (QED) is 0.692. The van der Waals surface area contributed by atoms with Gasteiger partial charge in [-0.15, -0.1) is 0 Å². The summed E-state index contributed by atoms with van der Waals surface area (Å²) in [4.78, 5) is 22.4. The van der Waals surface area contributed by atoms with Gasteiger partial charge < -0.3 is 5.32 Å². The molecule has 7 nitrogen and oxygen atoms in total. The van der Waals surface area contributed by atoms with Gasteiger partial charge in [0.2, 0.25) is 0 Å². The molecule has 110 valence electrons. The van der Waals surface area contributed by atoms with E-state index in [4.69, 9.17) is 11.6 Å². The predicted octanol–water partition coefficient (Wildman–Crippen LogP) is 2.22. The molecule has 0 spiro atoms. The van der Waals surface area contributed by atoms with Crippen molar-refractivity contribution in [1.82, 2.24) is 15.1 Å². The average Bonchev–Trinajstić information content (AvgIpc) is 2.75. The van der Waals surface area contributed by atoms with Gasteiger partial charge in [0, 0.05) is 24.2 Å². The maximum Gasteiger partial charge on any atom is 0.273 e. The number of hydrogen-bond acceptors (Lipinski definition) is 4. The Labute approximate surface area is 125 Å². The van der Waals surface area contributed by atoms with Gasteiger partial charge in [-0.05, 0) is 13.0 Å². The van der Waals surface area contributed by atoms with Gasteiger partial charge in [-0.1, -0.05) is 17.7 Å². The molecule has 21 heavy (non-hydrogen) atoms.